The molecule has 3 unspecified atom stereocenters. The summed E-state index contributed by atoms with van der Waals surface area (Å²) in [7, 11) is 0. The van der Waals surface area contributed by atoms with Crippen LogP contribution in [-0.4, -0.2) is 49.7 Å². The number of nitrogens with one attached hydrogen (secondary N) is 1. The molecule has 3 aromatic heterocycles. The monoisotopic (exact) mass is 446 g/mol. The van der Waals surface area contributed by atoms with Crippen molar-refractivity contribution in [2.45, 2.75) is 33.0 Å². The van der Waals surface area contributed by atoms with Crippen molar-refractivity contribution in [3.8, 4) is 5.69 Å². The van der Waals surface area contributed by atoms with E-state index >= 15 is 0 Å². The number of fused-ring (bicyclic) bond motifs is 1. The minimum absolute atomic E-state index is 0.0131. The van der Waals surface area contributed by atoms with Gasteiger partial charge in [0.05, 0.1) is 11.4 Å². The van der Waals surface area contributed by atoms with Gasteiger partial charge in [-0.1, -0.05) is 18.2 Å². The Morgan fingerprint density at radius 3 is 2.64 bits per heavy atom. The Hall–Kier alpha value is -3.55. The third kappa shape index (κ3) is 4.25. The zero-order valence-electron chi connectivity index (χ0n) is 18.8. The molecule has 3 atom stereocenters. The Kier molecular flexibility index (Phi) is 5.66. The first-order chi connectivity index (χ1) is 16.0. The van der Waals surface area contributed by atoms with E-state index < -0.39 is 6.67 Å². The summed E-state index contributed by atoms with van der Waals surface area (Å²) in [4.78, 5) is 24.7. The second kappa shape index (κ2) is 8.77. The number of carbonyl (C=O) groups excluding carboxylic acids is 1. The van der Waals surface area contributed by atoms with Crippen LogP contribution in [0.15, 0.2) is 54.9 Å². The van der Waals surface area contributed by atoms with Gasteiger partial charge in [-0.25, -0.2) is 19.0 Å². The van der Waals surface area contributed by atoms with Crippen LogP contribution in [0.5, 0.6) is 0 Å². The standard InChI is InChI=1S/C25H27FN6O/c1-16-3-7-22(32-10-9-17(2)30-32)24(29-16)25(33)31-15-20-6-5-19(20)11-21(31)14-28-23-8-4-18(12-26)13-27-23/h3-10,13,19-21H,11-12,14-15H2,1-2H3,(H,27,28). The summed E-state index contributed by atoms with van der Waals surface area (Å²) in [6.07, 6.45) is 8.69. The van der Waals surface area contributed by atoms with Gasteiger partial charge in [0.15, 0.2) is 5.69 Å². The fraction of sp³-hybridized carbons (Fsp3) is 0.360. The van der Waals surface area contributed by atoms with Crippen molar-refractivity contribution < 1.29 is 9.18 Å². The summed E-state index contributed by atoms with van der Waals surface area (Å²) in [5, 5.41) is 7.83. The van der Waals surface area contributed by atoms with Gasteiger partial charge >= 0.3 is 0 Å². The van der Waals surface area contributed by atoms with Gasteiger partial charge in [-0.3, -0.25) is 4.79 Å². The number of pyridine rings is 2. The molecule has 4 heterocycles. The van der Waals surface area contributed by atoms with Crippen molar-refractivity contribution in [3.05, 3.63) is 77.5 Å². The Balaban J connectivity index is 1.41. The highest BCUT2D eigenvalue weighted by molar-refractivity contribution is 5.96. The molecule has 1 saturated heterocycles. The highest BCUT2D eigenvalue weighted by Gasteiger charge is 2.40. The number of halogens is 1. The van der Waals surface area contributed by atoms with Crippen LogP contribution in [0, 0.1) is 25.7 Å². The average molecular weight is 447 g/mol. The van der Waals surface area contributed by atoms with Crippen LogP contribution < -0.4 is 5.32 Å². The van der Waals surface area contributed by atoms with Crippen molar-refractivity contribution in [1.82, 2.24) is 24.6 Å². The lowest BCUT2D eigenvalue weighted by Gasteiger charge is -2.46. The molecule has 1 amide bonds. The smallest absolute Gasteiger partial charge is 0.275 e. The van der Waals surface area contributed by atoms with Gasteiger partial charge in [0.25, 0.3) is 5.91 Å². The minimum atomic E-state index is -0.533. The molecule has 7 nitrogen and oxygen atoms in total. The third-order valence-electron chi connectivity index (χ3n) is 6.49. The second-order valence-corrected chi connectivity index (χ2v) is 8.85. The molecule has 2 aliphatic rings. The SMILES string of the molecule is Cc1ccc(-n2ccc(C)n2)c(C(=O)N2CC3C=CC3CC2CNc2ccc(CF)cn2)n1. The second-order valence-electron chi connectivity index (χ2n) is 8.85. The summed E-state index contributed by atoms with van der Waals surface area (Å²) in [6.45, 7) is 4.50. The molecule has 0 aromatic carbocycles. The van der Waals surface area contributed by atoms with E-state index in [1.807, 2.05) is 43.1 Å². The number of aryl methyl sites for hydroxylation is 2. The molecule has 5 rings (SSSR count). The number of likely N-dealkylation sites (tertiary alicyclic amines) is 1. The molecule has 1 aliphatic carbocycles. The van der Waals surface area contributed by atoms with Crippen LogP contribution in [0.2, 0.25) is 0 Å². The zero-order chi connectivity index (χ0) is 22.9. The Morgan fingerprint density at radius 2 is 1.97 bits per heavy atom. The van der Waals surface area contributed by atoms with Crippen LogP contribution in [-0.2, 0) is 6.67 Å². The molecule has 33 heavy (non-hydrogen) atoms. The van der Waals surface area contributed by atoms with Crippen LogP contribution in [0.3, 0.4) is 0 Å². The lowest BCUT2D eigenvalue weighted by Crippen LogP contribution is -2.54. The van der Waals surface area contributed by atoms with Crippen molar-refractivity contribution >= 4 is 11.7 Å². The maximum absolute atomic E-state index is 13.8. The predicted molar refractivity (Wildman–Crippen MR) is 124 cm³/mol. The molecule has 1 aliphatic heterocycles. The topological polar surface area (TPSA) is 75.9 Å². The van der Waals surface area contributed by atoms with E-state index in [0.29, 0.717) is 47.7 Å². The number of aromatic nitrogens is 4. The Morgan fingerprint density at radius 1 is 1.12 bits per heavy atom. The van der Waals surface area contributed by atoms with Gasteiger partial charge in [0.2, 0.25) is 0 Å². The van der Waals surface area contributed by atoms with Crippen molar-refractivity contribution in [2.24, 2.45) is 11.8 Å². The number of rotatable bonds is 6. The summed E-state index contributed by atoms with van der Waals surface area (Å²) in [5.41, 5.74) is 3.30. The number of allylic oxidation sites excluding steroid dienone is 1. The van der Waals surface area contributed by atoms with Gasteiger partial charge in [0.1, 0.15) is 12.5 Å². The number of carbonyl (C=O) groups is 1. The number of anilines is 1. The van der Waals surface area contributed by atoms with E-state index in [4.69, 9.17) is 0 Å². The summed E-state index contributed by atoms with van der Waals surface area (Å²) >= 11 is 0. The number of amides is 1. The molecule has 0 saturated carbocycles. The number of nitrogens with zero attached hydrogens (tertiary/aromatic N) is 5. The molecule has 0 spiro atoms. The van der Waals surface area contributed by atoms with Crippen molar-refractivity contribution in [2.75, 3.05) is 18.4 Å². The average Bonchev–Trinajstić information content (AvgIpc) is 3.25. The van der Waals surface area contributed by atoms with E-state index in [9.17, 15) is 9.18 Å². The first-order valence-corrected chi connectivity index (χ1v) is 11.3. The number of hydrogen-bond acceptors (Lipinski definition) is 5. The Bertz CT molecular complexity index is 1190. The van der Waals surface area contributed by atoms with Crippen molar-refractivity contribution in [3.63, 3.8) is 0 Å². The van der Waals surface area contributed by atoms with Gasteiger partial charge in [-0.05, 0) is 50.5 Å². The highest BCUT2D eigenvalue weighted by atomic mass is 19.1. The Labute approximate surface area is 192 Å². The first kappa shape index (κ1) is 21.3. The quantitative estimate of drug-likeness (QED) is 0.582. The van der Waals surface area contributed by atoms with E-state index in [1.54, 1.807) is 16.8 Å². The van der Waals surface area contributed by atoms with Crippen LogP contribution in [0.4, 0.5) is 10.2 Å². The molecule has 0 bridgehead atoms. The van der Waals surface area contributed by atoms with Crippen molar-refractivity contribution in [1.29, 1.82) is 0 Å². The third-order valence-corrected chi connectivity index (χ3v) is 6.49. The lowest BCUT2D eigenvalue weighted by atomic mass is 9.74. The van der Waals surface area contributed by atoms with E-state index in [1.165, 1.54) is 6.20 Å². The first-order valence-electron chi connectivity index (χ1n) is 11.3. The molecule has 0 radical (unpaired) electrons. The van der Waals surface area contributed by atoms with Crippen LogP contribution in [0.25, 0.3) is 5.69 Å². The largest absolute Gasteiger partial charge is 0.368 e. The van der Waals surface area contributed by atoms with E-state index in [-0.39, 0.29) is 11.9 Å². The fourth-order valence-corrected chi connectivity index (χ4v) is 4.54. The number of hydrogen-bond donors (Lipinski definition) is 1. The molecule has 3 aromatic rings. The van der Waals surface area contributed by atoms with Gasteiger partial charge in [0, 0.05) is 48.7 Å². The van der Waals surface area contributed by atoms with E-state index in [0.717, 1.165) is 17.8 Å². The molecule has 170 valence electrons. The predicted octanol–water partition coefficient (Wildman–Crippen LogP) is 3.88. The van der Waals surface area contributed by atoms with Gasteiger partial charge in [-0.15, -0.1) is 0 Å². The minimum Gasteiger partial charge on any atom is -0.368 e. The van der Waals surface area contributed by atoms with E-state index in [2.05, 4.69) is 32.5 Å². The molecular formula is C25H27FN6O. The highest BCUT2D eigenvalue weighted by Crippen LogP contribution is 2.37. The normalized spacial score (nSPS) is 21.4. The lowest BCUT2D eigenvalue weighted by molar-refractivity contribution is 0.0493. The number of alkyl halides is 1. The summed E-state index contributed by atoms with van der Waals surface area (Å²) in [6, 6.07) is 9.19. The molecule has 8 heteroatoms. The van der Waals surface area contributed by atoms with Gasteiger partial charge in [-0.2, -0.15) is 5.10 Å². The summed E-state index contributed by atoms with van der Waals surface area (Å²) in [5.74, 6) is 1.45. The molecule has 1 fully saturated rings. The summed E-state index contributed by atoms with van der Waals surface area (Å²) < 4.78 is 14.5. The fourth-order valence-electron chi connectivity index (χ4n) is 4.54. The van der Waals surface area contributed by atoms with Gasteiger partial charge < -0.3 is 10.2 Å². The van der Waals surface area contributed by atoms with Crippen LogP contribution in [0.1, 0.15) is 33.9 Å². The molecular weight excluding hydrogens is 419 g/mol. The maximum atomic E-state index is 13.8. The van der Waals surface area contributed by atoms with Crippen LogP contribution >= 0.6 is 0 Å². The molecule has 1 N–H and O–H groups in total. The number of piperidine rings is 1. The zero-order valence-corrected chi connectivity index (χ0v) is 18.8. The maximum Gasteiger partial charge on any atom is 0.275 e.